The summed E-state index contributed by atoms with van der Waals surface area (Å²) < 4.78 is 0. The van der Waals surface area contributed by atoms with Gasteiger partial charge in [0.1, 0.15) is 0 Å². The van der Waals surface area contributed by atoms with E-state index in [1.807, 2.05) is 0 Å². The standard InChI is InChI=1S/C35H29N9O8.Eu/c36-24-9-25(37)31-15-44-12-22-3-17(33(47)48)6-27(39-22)26-5-16(32(45)46)1-20(38-26)10-43(14-30(24)42-31)11-21-2-18(34(49)50)7-28(40-21)29-8-19(35(51)52)4-23(13-44)41-29;/h1-9H,10-15,36-37H2,(H,45,46)(H,47,48)(H,49,50)(H,51,52);/q;+3. The second-order valence-corrected chi connectivity index (χ2v) is 12.5. The van der Waals surface area contributed by atoms with Crippen LogP contribution in [0.5, 0.6) is 0 Å². The largest absolute Gasteiger partial charge is 3.00 e. The van der Waals surface area contributed by atoms with Gasteiger partial charge in [0.2, 0.25) is 0 Å². The van der Waals surface area contributed by atoms with Crippen molar-refractivity contribution < 1.29 is 89.0 Å². The molecule has 53 heavy (non-hydrogen) atoms. The molecular weight excluding hydrogens is 826 g/mol. The van der Waals surface area contributed by atoms with E-state index in [2.05, 4.69) is 0 Å². The number of aromatic carboxylic acids is 4. The maximum Gasteiger partial charge on any atom is 3.00 e. The Morgan fingerprint density at radius 1 is 0.434 bits per heavy atom. The normalized spacial score (nSPS) is 16.1. The number of rotatable bonds is 4. The predicted molar refractivity (Wildman–Crippen MR) is 182 cm³/mol. The number of fused-ring (bicyclic) bond motifs is 12. The minimum absolute atomic E-state index is 0. The second-order valence-electron chi connectivity index (χ2n) is 12.5. The summed E-state index contributed by atoms with van der Waals surface area (Å²) in [4.78, 5) is 76.5. The van der Waals surface area contributed by atoms with Crippen molar-refractivity contribution in [2.24, 2.45) is 0 Å². The van der Waals surface area contributed by atoms with Gasteiger partial charge in [-0.1, -0.05) is 0 Å². The van der Waals surface area contributed by atoms with Crippen LogP contribution in [0.3, 0.4) is 0 Å². The van der Waals surface area contributed by atoms with Crippen LogP contribution in [-0.2, 0) is 39.3 Å². The number of carbonyl (C=O) groups is 4. The number of anilines is 2. The van der Waals surface area contributed by atoms with E-state index < -0.39 is 23.9 Å². The molecule has 0 atom stereocenters. The van der Waals surface area contributed by atoms with Gasteiger partial charge in [0.25, 0.3) is 0 Å². The molecule has 2 aliphatic rings. The minimum atomic E-state index is -1.25. The van der Waals surface area contributed by atoms with Crippen molar-refractivity contribution in [2.45, 2.75) is 39.3 Å². The van der Waals surface area contributed by atoms with E-state index in [-0.39, 0.29) is 168 Å². The van der Waals surface area contributed by atoms with Crippen molar-refractivity contribution in [1.82, 2.24) is 34.7 Å². The van der Waals surface area contributed by atoms with E-state index in [0.29, 0.717) is 11.4 Å². The maximum atomic E-state index is 12.3. The van der Waals surface area contributed by atoms with Crippen LogP contribution in [-0.4, -0.2) is 79.0 Å². The topological polar surface area (TPSA) is 272 Å². The van der Waals surface area contributed by atoms with Gasteiger partial charge < -0.3 is 31.9 Å². The van der Waals surface area contributed by atoms with E-state index in [0.717, 1.165) is 0 Å². The SMILES string of the molecule is Nc1cc(N)c2nc1CN1Cc3cc(C(=O)O)cc(n3)-c3cc(C(=O)O)cc(n3)CN(Cc3cc(C(=O)O)cc(n3)-c3cc(C(=O)O)cc(n3)C1)C2.[Eu+3]. The van der Waals surface area contributed by atoms with Gasteiger partial charge in [0.15, 0.2) is 0 Å². The summed E-state index contributed by atoms with van der Waals surface area (Å²) >= 11 is 0. The van der Waals surface area contributed by atoms with Gasteiger partial charge >= 0.3 is 73.3 Å². The molecule has 18 heteroatoms. The summed E-state index contributed by atoms with van der Waals surface area (Å²) in [5.74, 6) is -5.00. The first-order chi connectivity index (χ1) is 24.8. The first kappa shape index (κ1) is 37.5. The molecule has 0 aromatic carbocycles. The zero-order chi connectivity index (χ0) is 36.8. The number of pyridine rings is 5. The first-order valence-corrected chi connectivity index (χ1v) is 15.7. The molecule has 12 bridgehead atoms. The third-order valence-electron chi connectivity index (χ3n) is 8.56. The molecule has 7 heterocycles. The van der Waals surface area contributed by atoms with Crippen LogP contribution in [0.15, 0.2) is 54.6 Å². The van der Waals surface area contributed by atoms with Crippen LogP contribution in [0, 0.1) is 49.4 Å². The van der Waals surface area contributed by atoms with Crippen molar-refractivity contribution in [1.29, 1.82) is 0 Å². The summed E-state index contributed by atoms with van der Waals surface area (Å²) in [5.41, 5.74) is 15.3. The molecule has 17 nitrogen and oxygen atoms in total. The van der Waals surface area contributed by atoms with Crippen LogP contribution >= 0.6 is 0 Å². The maximum absolute atomic E-state index is 12.3. The number of nitrogen functional groups attached to an aromatic ring is 2. The summed E-state index contributed by atoms with van der Waals surface area (Å²) in [6, 6.07) is 12.3. The Hall–Kier alpha value is -5.27. The average Bonchev–Trinajstić information content (AvgIpc) is 3.09. The summed E-state index contributed by atoms with van der Waals surface area (Å²) in [6.07, 6.45) is 0. The average molecular weight is 856 g/mol. The number of hydrogen-bond donors (Lipinski definition) is 6. The molecule has 0 amide bonds. The molecule has 0 saturated heterocycles. The fourth-order valence-corrected chi connectivity index (χ4v) is 6.25. The third kappa shape index (κ3) is 8.21. The van der Waals surface area contributed by atoms with Crippen LogP contribution < -0.4 is 11.5 Å². The molecule has 2 aliphatic heterocycles. The predicted octanol–water partition coefficient (Wildman–Crippen LogP) is 2.98. The Kier molecular flexibility index (Phi) is 10.6. The van der Waals surface area contributed by atoms with Crippen LogP contribution in [0.25, 0.3) is 22.8 Å². The van der Waals surface area contributed by atoms with Crippen molar-refractivity contribution in [3.05, 3.63) is 111 Å². The van der Waals surface area contributed by atoms with Crippen molar-refractivity contribution in [3.8, 4) is 22.8 Å². The molecular formula is C35H29EuN9O8+3. The Morgan fingerprint density at radius 2 is 0.698 bits per heavy atom. The molecule has 5 aromatic rings. The monoisotopic (exact) mass is 856 g/mol. The molecule has 0 unspecified atom stereocenters. The minimum Gasteiger partial charge on any atom is -0.478 e. The van der Waals surface area contributed by atoms with Crippen molar-refractivity contribution in [3.63, 3.8) is 0 Å². The molecule has 0 aliphatic carbocycles. The number of carboxylic acid groups (broad SMARTS) is 4. The van der Waals surface area contributed by atoms with E-state index in [4.69, 9.17) is 36.4 Å². The van der Waals surface area contributed by atoms with Gasteiger partial charge in [-0.05, 0) is 54.6 Å². The molecule has 8 N–H and O–H groups in total. The number of carboxylic acids is 4. The van der Waals surface area contributed by atoms with E-state index in [9.17, 15) is 39.6 Å². The van der Waals surface area contributed by atoms with Crippen LogP contribution in [0.2, 0.25) is 0 Å². The third-order valence-corrected chi connectivity index (χ3v) is 8.56. The van der Waals surface area contributed by atoms with Crippen LogP contribution in [0.1, 0.15) is 75.6 Å². The van der Waals surface area contributed by atoms with Gasteiger partial charge in [-0.2, -0.15) is 0 Å². The number of hydrogen-bond acceptors (Lipinski definition) is 13. The molecule has 0 radical (unpaired) electrons. The summed E-state index contributed by atoms with van der Waals surface area (Å²) in [7, 11) is 0. The van der Waals surface area contributed by atoms with Gasteiger partial charge in [-0.3, -0.25) is 14.8 Å². The number of nitrogens with zero attached hydrogens (tertiary/aromatic N) is 7. The number of nitrogens with two attached hydrogens (primary N) is 2. The van der Waals surface area contributed by atoms with Crippen molar-refractivity contribution >= 4 is 35.3 Å². The zero-order valence-electron chi connectivity index (χ0n) is 27.5. The molecule has 0 saturated carbocycles. The molecule has 7 rings (SSSR count). The Labute approximate surface area is 340 Å². The molecule has 0 fully saturated rings. The van der Waals surface area contributed by atoms with E-state index in [1.165, 1.54) is 48.5 Å². The van der Waals surface area contributed by atoms with E-state index >= 15 is 0 Å². The Morgan fingerprint density at radius 3 is 0.943 bits per heavy atom. The molecule has 5 aromatic heterocycles. The van der Waals surface area contributed by atoms with Gasteiger partial charge in [0, 0.05) is 39.3 Å². The smallest absolute Gasteiger partial charge is 0.478 e. The molecule has 0 spiro atoms. The van der Waals surface area contributed by atoms with Gasteiger partial charge in [0.05, 0.1) is 90.6 Å². The van der Waals surface area contributed by atoms with Gasteiger partial charge in [-0.25, -0.2) is 39.1 Å². The van der Waals surface area contributed by atoms with Crippen LogP contribution in [0.4, 0.5) is 11.4 Å². The fraction of sp³-hybridized carbons (Fsp3) is 0.171. The molecule has 266 valence electrons. The first-order valence-electron chi connectivity index (χ1n) is 15.7. The Balaban J connectivity index is 0.00000481. The summed E-state index contributed by atoms with van der Waals surface area (Å²) in [5, 5.41) is 40.2. The second kappa shape index (κ2) is 15.0. The van der Waals surface area contributed by atoms with E-state index in [1.54, 1.807) is 15.9 Å². The quantitative estimate of drug-likeness (QED) is 0.152. The zero-order valence-corrected chi connectivity index (χ0v) is 29.9. The Bertz CT molecular complexity index is 2070. The summed E-state index contributed by atoms with van der Waals surface area (Å²) in [6.45, 7) is 0.00316. The van der Waals surface area contributed by atoms with Gasteiger partial charge in [-0.15, -0.1) is 0 Å². The number of aromatic nitrogens is 5. The van der Waals surface area contributed by atoms with Crippen molar-refractivity contribution in [2.75, 3.05) is 11.5 Å². The fourth-order valence-electron chi connectivity index (χ4n) is 6.25.